The maximum atomic E-state index is 11.8. The Balaban J connectivity index is 2.54. The summed E-state index contributed by atoms with van der Waals surface area (Å²) >= 11 is 0. The van der Waals surface area contributed by atoms with E-state index in [1.165, 1.54) is 41.6 Å². The Bertz CT molecular complexity index is 825. The van der Waals surface area contributed by atoms with Gasteiger partial charge in [-0.2, -0.15) is 0 Å². The summed E-state index contributed by atoms with van der Waals surface area (Å²) in [5.74, 6) is 0.340. The zero-order chi connectivity index (χ0) is 20.7. The molecule has 0 unspecified atom stereocenters. The molecule has 0 aliphatic rings. The van der Waals surface area contributed by atoms with E-state index in [2.05, 4.69) is 0 Å². The molecular weight excluding hydrogens is 368 g/mol. The minimum absolute atomic E-state index is 0.147. The predicted octanol–water partition coefficient (Wildman–Crippen LogP) is 3.23. The van der Waals surface area contributed by atoms with Crippen LogP contribution in [0.5, 0.6) is 34.5 Å². The first-order valence-corrected chi connectivity index (χ1v) is 8.12. The number of ether oxygens (including phenoxy) is 6. The highest BCUT2D eigenvalue weighted by atomic mass is 16.6. The molecule has 0 atom stereocenters. The third-order valence-electron chi connectivity index (χ3n) is 3.79. The van der Waals surface area contributed by atoms with Crippen LogP contribution in [0.15, 0.2) is 36.1 Å². The number of methoxy groups -OCH3 is 5. The summed E-state index contributed by atoms with van der Waals surface area (Å²) in [6.07, 6.45) is 1.33. The molecule has 0 saturated carbocycles. The van der Waals surface area contributed by atoms with E-state index >= 15 is 0 Å². The van der Waals surface area contributed by atoms with Crippen LogP contribution in [0.4, 0.5) is 0 Å². The maximum absolute atomic E-state index is 11.8. The van der Waals surface area contributed by atoms with E-state index < -0.39 is 5.97 Å². The molecule has 8 nitrogen and oxygen atoms in total. The van der Waals surface area contributed by atoms with Gasteiger partial charge in [0.25, 0.3) is 0 Å². The molecule has 8 heteroatoms. The highest BCUT2D eigenvalue weighted by molar-refractivity contribution is 5.91. The predicted molar refractivity (Wildman–Crippen MR) is 102 cm³/mol. The van der Waals surface area contributed by atoms with Crippen molar-refractivity contribution in [1.82, 2.24) is 0 Å². The van der Waals surface area contributed by atoms with Crippen molar-refractivity contribution in [1.29, 1.82) is 0 Å². The summed E-state index contributed by atoms with van der Waals surface area (Å²) in [6.45, 7) is 0. The van der Waals surface area contributed by atoms with Crippen molar-refractivity contribution in [2.24, 2.45) is 0 Å². The standard InChI is InChI=1S/C20H22O8/c1-23-13-7-6-8-14(24-2)19(13)28-17(20(21)22)11-12-9-15(25-3)18(27-5)16(10-12)26-4/h6-11H,1-5H3,(H,21,22). The summed E-state index contributed by atoms with van der Waals surface area (Å²) in [5, 5.41) is 9.61. The van der Waals surface area contributed by atoms with E-state index in [0.717, 1.165) is 0 Å². The third-order valence-corrected chi connectivity index (χ3v) is 3.79. The molecule has 150 valence electrons. The summed E-state index contributed by atoms with van der Waals surface area (Å²) in [6, 6.07) is 8.18. The number of para-hydroxylation sites is 1. The lowest BCUT2D eigenvalue weighted by atomic mass is 10.1. The van der Waals surface area contributed by atoms with Gasteiger partial charge in [-0.3, -0.25) is 0 Å². The van der Waals surface area contributed by atoms with Crippen LogP contribution in [-0.2, 0) is 4.79 Å². The van der Waals surface area contributed by atoms with Gasteiger partial charge < -0.3 is 33.5 Å². The number of aliphatic carboxylic acids is 1. The first-order chi connectivity index (χ1) is 13.5. The molecule has 0 aliphatic heterocycles. The monoisotopic (exact) mass is 390 g/mol. The SMILES string of the molecule is COc1cc(C=C(Oc2c(OC)cccc2OC)C(=O)O)cc(OC)c1OC. The third kappa shape index (κ3) is 4.40. The molecule has 0 fully saturated rings. The average molecular weight is 390 g/mol. The molecule has 0 radical (unpaired) electrons. The van der Waals surface area contributed by atoms with Gasteiger partial charge in [0.2, 0.25) is 17.3 Å². The molecule has 2 aromatic carbocycles. The van der Waals surface area contributed by atoms with E-state index in [0.29, 0.717) is 34.3 Å². The van der Waals surface area contributed by atoms with Gasteiger partial charge >= 0.3 is 5.97 Å². The lowest BCUT2D eigenvalue weighted by molar-refractivity contribution is -0.134. The van der Waals surface area contributed by atoms with Crippen LogP contribution in [0.3, 0.4) is 0 Å². The Labute approximate surface area is 162 Å². The second-order valence-corrected chi connectivity index (χ2v) is 5.37. The van der Waals surface area contributed by atoms with Crippen LogP contribution in [0.2, 0.25) is 0 Å². The van der Waals surface area contributed by atoms with Crippen molar-refractivity contribution in [2.45, 2.75) is 0 Å². The Morgan fingerprint density at radius 3 is 1.68 bits per heavy atom. The fourth-order valence-corrected chi connectivity index (χ4v) is 2.50. The number of hydrogen-bond donors (Lipinski definition) is 1. The van der Waals surface area contributed by atoms with E-state index in [1.54, 1.807) is 30.3 Å². The first-order valence-electron chi connectivity index (χ1n) is 8.12. The molecule has 0 amide bonds. The highest BCUT2D eigenvalue weighted by Gasteiger charge is 2.19. The molecule has 2 aromatic rings. The van der Waals surface area contributed by atoms with Crippen LogP contribution >= 0.6 is 0 Å². The second-order valence-electron chi connectivity index (χ2n) is 5.37. The van der Waals surface area contributed by atoms with Gasteiger partial charge in [-0.25, -0.2) is 4.79 Å². The van der Waals surface area contributed by atoms with Crippen LogP contribution in [-0.4, -0.2) is 46.6 Å². The molecular formula is C20H22O8. The first kappa shape index (κ1) is 20.8. The zero-order valence-electron chi connectivity index (χ0n) is 16.3. The van der Waals surface area contributed by atoms with Crippen LogP contribution in [0.25, 0.3) is 6.08 Å². The van der Waals surface area contributed by atoms with Crippen LogP contribution in [0, 0.1) is 0 Å². The summed E-state index contributed by atoms with van der Waals surface area (Å²) in [7, 11) is 7.32. The Morgan fingerprint density at radius 1 is 0.786 bits per heavy atom. The van der Waals surface area contributed by atoms with Gasteiger partial charge in [0.05, 0.1) is 35.5 Å². The van der Waals surface area contributed by atoms with Crippen LogP contribution < -0.4 is 28.4 Å². The molecule has 0 aromatic heterocycles. The lowest BCUT2D eigenvalue weighted by Gasteiger charge is -2.15. The zero-order valence-corrected chi connectivity index (χ0v) is 16.3. The second kappa shape index (κ2) is 9.40. The average Bonchev–Trinajstić information content (AvgIpc) is 2.72. The maximum Gasteiger partial charge on any atom is 0.371 e. The molecule has 0 heterocycles. The number of rotatable bonds is 9. The van der Waals surface area contributed by atoms with Crippen LogP contribution in [0.1, 0.15) is 5.56 Å². The molecule has 2 rings (SSSR count). The number of carbonyl (C=O) groups is 1. The normalized spacial score (nSPS) is 10.8. The smallest absolute Gasteiger partial charge is 0.371 e. The Kier molecular flexibility index (Phi) is 6.97. The van der Waals surface area contributed by atoms with Crippen molar-refractivity contribution >= 4 is 12.0 Å². The topological polar surface area (TPSA) is 92.7 Å². The minimum atomic E-state index is -1.28. The molecule has 28 heavy (non-hydrogen) atoms. The number of hydrogen-bond acceptors (Lipinski definition) is 7. The molecule has 0 saturated heterocycles. The van der Waals surface area contributed by atoms with Crippen molar-refractivity contribution in [3.63, 3.8) is 0 Å². The lowest BCUT2D eigenvalue weighted by Crippen LogP contribution is -2.09. The van der Waals surface area contributed by atoms with Crippen molar-refractivity contribution in [3.8, 4) is 34.5 Å². The highest BCUT2D eigenvalue weighted by Crippen LogP contribution is 2.40. The Morgan fingerprint density at radius 2 is 1.29 bits per heavy atom. The fourth-order valence-electron chi connectivity index (χ4n) is 2.50. The number of benzene rings is 2. The number of carboxylic acid groups (broad SMARTS) is 1. The van der Waals surface area contributed by atoms with Crippen molar-refractivity contribution in [3.05, 3.63) is 41.7 Å². The fraction of sp³-hybridized carbons (Fsp3) is 0.250. The van der Waals surface area contributed by atoms with Gasteiger partial charge in [0, 0.05) is 0 Å². The van der Waals surface area contributed by atoms with Gasteiger partial charge in [0.1, 0.15) is 0 Å². The largest absolute Gasteiger partial charge is 0.493 e. The Hall–Kier alpha value is -3.55. The van der Waals surface area contributed by atoms with Gasteiger partial charge in [-0.05, 0) is 35.9 Å². The van der Waals surface area contributed by atoms with Gasteiger partial charge in [0.15, 0.2) is 23.0 Å². The summed E-state index contributed by atoms with van der Waals surface area (Å²) in [5.41, 5.74) is 0.473. The summed E-state index contributed by atoms with van der Waals surface area (Å²) < 4.78 is 32.0. The molecule has 1 N–H and O–H groups in total. The summed E-state index contributed by atoms with van der Waals surface area (Å²) in [4.78, 5) is 11.8. The number of carboxylic acids is 1. The van der Waals surface area contributed by atoms with E-state index in [9.17, 15) is 9.90 Å². The molecule has 0 spiro atoms. The van der Waals surface area contributed by atoms with E-state index in [4.69, 9.17) is 28.4 Å². The van der Waals surface area contributed by atoms with Gasteiger partial charge in [-0.1, -0.05) is 6.07 Å². The van der Waals surface area contributed by atoms with Gasteiger partial charge in [-0.15, -0.1) is 0 Å². The van der Waals surface area contributed by atoms with E-state index in [-0.39, 0.29) is 11.5 Å². The van der Waals surface area contributed by atoms with Crippen molar-refractivity contribution < 1.29 is 38.3 Å². The van der Waals surface area contributed by atoms with Crippen molar-refractivity contribution in [2.75, 3.05) is 35.5 Å². The molecule has 0 aliphatic carbocycles. The quantitative estimate of drug-likeness (QED) is 0.515. The van der Waals surface area contributed by atoms with E-state index in [1.807, 2.05) is 0 Å². The molecule has 0 bridgehead atoms. The minimum Gasteiger partial charge on any atom is -0.493 e.